The van der Waals surface area contributed by atoms with Crippen molar-refractivity contribution >= 4 is 5.91 Å². The third-order valence-corrected chi connectivity index (χ3v) is 5.11. The van der Waals surface area contributed by atoms with Gasteiger partial charge in [0.05, 0.1) is 12.2 Å². The zero-order valence-electron chi connectivity index (χ0n) is 14.7. The number of hydrogen-bond acceptors (Lipinski definition) is 4. The van der Waals surface area contributed by atoms with Gasteiger partial charge in [0.25, 0.3) is 5.91 Å². The van der Waals surface area contributed by atoms with E-state index in [2.05, 4.69) is 51.7 Å². The van der Waals surface area contributed by atoms with Gasteiger partial charge in [-0.15, -0.1) is 5.10 Å². The molecule has 1 aliphatic carbocycles. The Morgan fingerprint density at radius 2 is 1.88 bits per heavy atom. The molecular weight excluding hydrogens is 314 g/mol. The number of hydrogen-bond donors (Lipinski definition) is 1. The van der Waals surface area contributed by atoms with Gasteiger partial charge in [0.1, 0.15) is 0 Å². The van der Waals surface area contributed by atoms with Crippen LogP contribution in [0.5, 0.6) is 0 Å². The van der Waals surface area contributed by atoms with E-state index in [0.29, 0.717) is 17.8 Å². The molecule has 0 unspecified atom stereocenters. The van der Waals surface area contributed by atoms with Crippen molar-refractivity contribution < 1.29 is 4.79 Å². The van der Waals surface area contributed by atoms with Crippen LogP contribution in [0.3, 0.4) is 0 Å². The number of nitrogens with one attached hydrogen (secondary N) is 1. The first-order chi connectivity index (χ1) is 12.2. The van der Waals surface area contributed by atoms with Gasteiger partial charge in [0.15, 0.2) is 5.69 Å². The maximum Gasteiger partial charge on any atom is 0.273 e. The number of aromatic nitrogens is 3. The number of carbonyl (C=O) groups is 1. The van der Waals surface area contributed by atoms with Crippen LogP contribution in [0.1, 0.15) is 53.3 Å². The average molecular weight is 339 g/mol. The molecule has 0 radical (unpaired) electrons. The van der Waals surface area contributed by atoms with Crippen LogP contribution in [0.4, 0.5) is 0 Å². The standard InChI is InChI=1S/C19H25N5O/c1-14-2-4-15(5-3-14)12-23-10-8-17(9-11-23)24-13-18(21-22-24)19(25)20-16-6-7-16/h2-5,13,16-17H,6-12H2,1H3,(H,20,25). The second-order valence-electron chi connectivity index (χ2n) is 7.32. The van der Waals surface area contributed by atoms with E-state index in [9.17, 15) is 4.79 Å². The molecule has 0 bridgehead atoms. The van der Waals surface area contributed by atoms with Crippen LogP contribution in [0.15, 0.2) is 30.5 Å². The largest absolute Gasteiger partial charge is 0.348 e. The number of amides is 1. The molecule has 1 saturated carbocycles. The molecule has 1 saturated heterocycles. The second kappa shape index (κ2) is 6.96. The minimum absolute atomic E-state index is 0.0921. The lowest BCUT2D eigenvalue weighted by atomic mass is 10.0. The Bertz CT molecular complexity index is 727. The van der Waals surface area contributed by atoms with Crippen LogP contribution in [-0.2, 0) is 6.54 Å². The zero-order valence-corrected chi connectivity index (χ0v) is 14.7. The number of likely N-dealkylation sites (tertiary alicyclic amines) is 1. The molecule has 1 N–H and O–H groups in total. The Morgan fingerprint density at radius 1 is 1.16 bits per heavy atom. The summed E-state index contributed by atoms with van der Waals surface area (Å²) in [5, 5.41) is 11.2. The van der Waals surface area contributed by atoms with E-state index in [0.717, 1.165) is 45.3 Å². The highest BCUT2D eigenvalue weighted by atomic mass is 16.2. The SMILES string of the molecule is Cc1ccc(CN2CCC(n3cc(C(=O)NC4CC4)nn3)CC2)cc1. The zero-order chi connectivity index (χ0) is 17.2. The maximum absolute atomic E-state index is 12.0. The van der Waals surface area contributed by atoms with E-state index in [1.807, 2.05) is 4.68 Å². The first-order valence-electron chi connectivity index (χ1n) is 9.18. The Labute approximate surface area is 148 Å². The Kier molecular flexibility index (Phi) is 4.53. The number of rotatable bonds is 5. The molecule has 0 atom stereocenters. The van der Waals surface area contributed by atoms with Gasteiger partial charge in [-0.05, 0) is 38.2 Å². The average Bonchev–Trinajstić information content (AvgIpc) is 3.29. The summed E-state index contributed by atoms with van der Waals surface area (Å²) < 4.78 is 1.88. The lowest BCUT2D eigenvalue weighted by Gasteiger charge is -2.31. The summed E-state index contributed by atoms with van der Waals surface area (Å²) in [7, 11) is 0. The monoisotopic (exact) mass is 339 g/mol. The predicted octanol–water partition coefficient (Wildman–Crippen LogP) is 2.32. The van der Waals surface area contributed by atoms with Crippen LogP contribution in [-0.4, -0.2) is 44.9 Å². The first-order valence-corrected chi connectivity index (χ1v) is 9.18. The quantitative estimate of drug-likeness (QED) is 0.908. The molecular formula is C19H25N5O. The summed E-state index contributed by atoms with van der Waals surface area (Å²) >= 11 is 0. The number of aryl methyl sites for hydroxylation is 1. The molecule has 6 heteroatoms. The van der Waals surface area contributed by atoms with Crippen LogP contribution in [0.2, 0.25) is 0 Å². The van der Waals surface area contributed by atoms with Crippen molar-refractivity contribution in [3.05, 3.63) is 47.3 Å². The fraction of sp³-hybridized carbons (Fsp3) is 0.526. The topological polar surface area (TPSA) is 63.1 Å². The minimum Gasteiger partial charge on any atom is -0.348 e. The van der Waals surface area contributed by atoms with Crippen LogP contribution >= 0.6 is 0 Å². The second-order valence-corrected chi connectivity index (χ2v) is 7.32. The van der Waals surface area contributed by atoms with E-state index in [1.54, 1.807) is 6.20 Å². The number of piperidine rings is 1. The molecule has 132 valence electrons. The third kappa shape index (κ3) is 4.07. The van der Waals surface area contributed by atoms with Crippen molar-refractivity contribution in [1.29, 1.82) is 0 Å². The highest BCUT2D eigenvalue weighted by Gasteiger charge is 2.26. The Hall–Kier alpha value is -2.21. The van der Waals surface area contributed by atoms with Gasteiger partial charge in [-0.1, -0.05) is 35.0 Å². The highest BCUT2D eigenvalue weighted by Crippen LogP contribution is 2.23. The summed E-state index contributed by atoms with van der Waals surface area (Å²) in [6.45, 7) is 5.20. The van der Waals surface area contributed by atoms with Gasteiger partial charge in [-0.2, -0.15) is 0 Å². The molecule has 2 aliphatic rings. The van der Waals surface area contributed by atoms with Crippen LogP contribution in [0, 0.1) is 6.92 Å². The van der Waals surface area contributed by atoms with Gasteiger partial charge in [0, 0.05) is 25.7 Å². The fourth-order valence-electron chi connectivity index (χ4n) is 3.34. The summed E-state index contributed by atoms with van der Waals surface area (Å²) in [5.41, 5.74) is 3.10. The van der Waals surface area contributed by atoms with Gasteiger partial charge in [-0.3, -0.25) is 9.69 Å². The normalized spacial score (nSPS) is 19.1. The highest BCUT2D eigenvalue weighted by molar-refractivity contribution is 5.92. The number of benzene rings is 1. The molecule has 1 aromatic carbocycles. The fourth-order valence-corrected chi connectivity index (χ4v) is 3.34. The number of nitrogens with zero attached hydrogens (tertiary/aromatic N) is 4. The van der Waals surface area contributed by atoms with Gasteiger partial charge in [0.2, 0.25) is 0 Å². The van der Waals surface area contributed by atoms with Gasteiger partial charge in [-0.25, -0.2) is 4.68 Å². The van der Waals surface area contributed by atoms with Crippen LogP contribution in [0.25, 0.3) is 0 Å². The number of carbonyl (C=O) groups excluding carboxylic acids is 1. The predicted molar refractivity (Wildman–Crippen MR) is 95.2 cm³/mol. The molecule has 2 fully saturated rings. The van der Waals surface area contributed by atoms with E-state index < -0.39 is 0 Å². The van der Waals surface area contributed by atoms with Crippen molar-refractivity contribution in [1.82, 2.24) is 25.2 Å². The lowest BCUT2D eigenvalue weighted by Crippen LogP contribution is -2.34. The molecule has 2 heterocycles. The summed E-state index contributed by atoms with van der Waals surface area (Å²) in [4.78, 5) is 14.5. The minimum atomic E-state index is -0.0921. The summed E-state index contributed by atoms with van der Waals surface area (Å²) in [6.07, 6.45) is 6.05. The van der Waals surface area contributed by atoms with Crippen LogP contribution < -0.4 is 5.32 Å². The molecule has 1 aromatic heterocycles. The summed E-state index contributed by atoms with van der Waals surface area (Å²) in [6, 6.07) is 9.46. The van der Waals surface area contributed by atoms with Crippen molar-refractivity contribution in [2.45, 2.75) is 51.2 Å². The molecule has 6 nitrogen and oxygen atoms in total. The Morgan fingerprint density at radius 3 is 2.56 bits per heavy atom. The molecule has 2 aromatic rings. The van der Waals surface area contributed by atoms with Gasteiger partial charge < -0.3 is 5.32 Å². The molecule has 1 amide bonds. The van der Waals surface area contributed by atoms with Crippen molar-refractivity contribution in [2.24, 2.45) is 0 Å². The Balaban J connectivity index is 1.30. The van der Waals surface area contributed by atoms with Crippen molar-refractivity contribution in [3.8, 4) is 0 Å². The van der Waals surface area contributed by atoms with Crippen molar-refractivity contribution in [2.75, 3.05) is 13.1 Å². The van der Waals surface area contributed by atoms with E-state index in [4.69, 9.17) is 0 Å². The van der Waals surface area contributed by atoms with Crippen molar-refractivity contribution in [3.63, 3.8) is 0 Å². The molecule has 0 spiro atoms. The van der Waals surface area contributed by atoms with E-state index >= 15 is 0 Å². The lowest BCUT2D eigenvalue weighted by molar-refractivity contribution is 0.0946. The third-order valence-electron chi connectivity index (χ3n) is 5.11. The first kappa shape index (κ1) is 16.3. The molecule has 1 aliphatic heterocycles. The van der Waals surface area contributed by atoms with E-state index in [-0.39, 0.29) is 5.91 Å². The smallest absolute Gasteiger partial charge is 0.273 e. The summed E-state index contributed by atoms with van der Waals surface area (Å²) in [5.74, 6) is -0.0921. The van der Waals surface area contributed by atoms with Gasteiger partial charge >= 0.3 is 0 Å². The molecule has 4 rings (SSSR count). The maximum atomic E-state index is 12.0. The molecule has 25 heavy (non-hydrogen) atoms. The van der Waals surface area contributed by atoms with E-state index in [1.165, 1.54) is 11.1 Å².